The molecule has 0 bridgehead atoms. The second-order valence-corrected chi connectivity index (χ2v) is 7.66. The summed E-state index contributed by atoms with van der Waals surface area (Å²) in [6.07, 6.45) is 1.99. The topological polar surface area (TPSA) is 61.2 Å². The minimum Gasteiger partial charge on any atom is -0.212 e. The van der Waals surface area contributed by atoms with Crippen molar-refractivity contribution in [2.45, 2.75) is 40.0 Å². The highest BCUT2D eigenvalue weighted by atomic mass is 32.2. The molecule has 1 aliphatic rings. The molecule has 1 aliphatic heterocycles. The molecule has 0 spiro atoms. The number of nitrogens with zero attached hydrogens (tertiary/aromatic N) is 2. The summed E-state index contributed by atoms with van der Waals surface area (Å²) in [6, 6.07) is 2.28. The van der Waals surface area contributed by atoms with E-state index in [1.165, 1.54) is 0 Å². The van der Waals surface area contributed by atoms with Crippen LogP contribution in [0.3, 0.4) is 0 Å². The molecule has 1 heterocycles. The predicted octanol–water partition coefficient (Wildman–Crippen LogP) is 1.99. The molecule has 5 heteroatoms. The Morgan fingerprint density at radius 3 is 2.29 bits per heavy atom. The second-order valence-electron chi connectivity index (χ2n) is 5.57. The Labute approximate surface area is 105 Å². The van der Waals surface area contributed by atoms with Crippen molar-refractivity contribution in [3.8, 4) is 6.07 Å². The molecule has 0 atom stereocenters. The van der Waals surface area contributed by atoms with Gasteiger partial charge in [-0.05, 0) is 32.1 Å². The summed E-state index contributed by atoms with van der Waals surface area (Å²) in [7, 11) is -3.11. The molecule has 98 valence electrons. The first-order valence-electron chi connectivity index (χ1n) is 6.18. The van der Waals surface area contributed by atoms with Crippen LogP contribution in [0, 0.1) is 22.7 Å². The smallest absolute Gasteiger partial charge is 0.212 e. The van der Waals surface area contributed by atoms with Crippen LogP contribution in [0.4, 0.5) is 0 Å². The van der Waals surface area contributed by atoms with E-state index >= 15 is 0 Å². The molecular weight excluding hydrogens is 236 g/mol. The number of rotatable bonds is 4. The zero-order valence-corrected chi connectivity index (χ0v) is 11.8. The quantitative estimate of drug-likeness (QED) is 0.774. The van der Waals surface area contributed by atoms with Crippen molar-refractivity contribution in [1.82, 2.24) is 4.31 Å². The summed E-state index contributed by atoms with van der Waals surface area (Å²) in [5.74, 6) is 0.632. The molecule has 0 N–H and O–H groups in total. The summed E-state index contributed by atoms with van der Waals surface area (Å²) < 4.78 is 25.6. The van der Waals surface area contributed by atoms with E-state index in [9.17, 15) is 8.42 Å². The molecule has 0 aromatic rings. The maximum atomic E-state index is 12.0. The first-order chi connectivity index (χ1) is 7.79. The Morgan fingerprint density at radius 1 is 1.35 bits per heavy atom. The van der Waals surface area contributed by atoms with E-state index in [-0.39, 0.29) is 11.2 Å². The number of hydrogen-bond acceptors (Lipinski definition) is 3. The van der Waals surface area contributed by atoms with Gasteiger partial charge in [-0.15, -0.1) is 0 Å². The normalized spacial score (nSPS) is 21.4. The number of nitriles is 1. The van der Waals surface area contributed by atoms with E-state index < -0.39 is 10.0 Å². The fourth-order valence-corrected chi connectivity index (χ4v) is 3.65. The van der Waals surface area contributed by atoms with Gasteiger partial charge in [0.25, 0.3) is 0 Å². The van der Waals surface area contributed by atoms with Gasteiger partial charge in [0.2, 0.25) is 10.0 Å². The average Bonchev–Trinajstić information content (AvgIpc) is 2.27. The van der Waals surface area contributed by atoms with Crippen molar-refractivity contribution in [1.29, 1.82) is 5.26 Å². The summed E-state index contributed by atoms with van der Waals surface area (Å²) in [5.41, 5.74) is -0.343. The first kappa shape index (κ1) is 14.5. The molecule has 1 fully saturated rings. The Hall–Kier alpha value is -0.600. The molecule has 4 nitrogen and oxygen atoms in total. The van der Waals surface area contributed by atoms with Crippen LogP contribution in [0.5, 0.6) is 0 Å². The molecule has 0 saturated carbocycles. The molecule has 0 unspecified atom stereocenters. The van der Waals surface area contributed by atoms with Crippen LogP contribution in [-0.2, 0) is 10.0 Å². The summed E-state index contributed by atoms with van der Waals surface area (Å²) in [6.45, 7) is 6.94. The Bertz CT molecular complexity index is 387. The van der Waals surface area contributed by atoms with Gasteiger partial charge in [-0.1, -0.05) is 13.8 Å². The lowest BCUT2D eigenvalue weighted by Crippen LogP contribution is -2.42. The van der Waals surface area contributed by atoms with Crippen molar-refractivity contribution < 1.29 is 8.42 Å². The molecule has 1 saturated heterocycles. The Morgan fingerprint density at radius 2 is 1.88 bits per heavy atom. The van der Waals surface area contributed by atoms with Gasteiger partial charge in [-0.2, -0.15) is 5.26 Å². The third-order valence-electron chi connectivity index (χ3n) is 3.44. The highest BCUT2D eigenvalue weighted by Gasteiger charge is 2.34. The summed E-state index contributed by atoms with van der Waals surface area (Å²) >= 11 is 0. The highest BCUT2D eigenvalue weighted by molar-refractivity contribution is 7.89. The lowest BCUT2D eigenvalue weighted by atomic mass is 9.83. The minimum atomic E-state index is -3.11. The highest BCUT2D eigenvalue weighted by Crippen LogP contribution is 2.31. The molecule has 1 rings (SSSR count). The van der Waals surface area contributed by atoms with Gasteiger partial charge in [0.05, 0.1) is 17.2 Å². The van der Waals surface area contributed by atoms with Gasteiger partial charge in [0, 0.05) is 13.1 Å². The van der Waals surface area contributed by atoms with E-state index in [0.717, 1.165) is 0 Å². The predicted molar refractivity (Wildman–Crippen MR) is 67.8 cm³/mol. The van der Waals surface area contributed by atoms with Gasteiger partial charge < -0.3 is 0 Å². The van der Waals surface area contributed by atoms with E-state index in [4.69, 9.17) is 5.26 Å². The first-order valence-corrected chi connectivity index (χ1v) is 7.79. The van der Waals surface area contributed by atoms with Crippen LogP contribution in [0.15, 0.2) is 0 Å². The maximum absolute atomic E-state index is 12.0. The van der Waals surface area contributed by atoms with Gasteiger partial charge in [-0.25, -0.2) is 12.7 Å². The lowest BCUT2D eigenvalue weighted by molar-refractivity contribution is 0.231. The second kappa shape index (κ2) is 5.36. The summed E-state index contributed by atoms with van der Waals surface area (Å²) in [5, 5.41) is 9.00. The SMILES string of the molecule is CC(C)CCS(=O)(=O)N1CCC(C)(C#N)CC1. The van der Waals surface area contributed by atoms with E-state index in [2.05, 4.69) is 6.07 Å². The van der Waals surface area contributed by atoms with Gasteiger partial charge in [0.1, 0.15) is 0 Å². The molecular formula is C12H22N2O2S. The maximum Gasteiger partial charge on any atom is 0.214 e. The Kier molecular flexibility index (Phi) is 4.56. The summed E-state index contributed by atoms with van der Waals surface area (Å²) in [4.78, 5) is 0. The van der Waals surface area contributed by atoms with Crippen LogP contribution in [0.25, 0.3) is 0 Å². The third kappa shape index (κ3) is 3.97. The molecule has 17 heavy (non-hydrogen) atoms. The number of sulfonamides is 1. The van der Waals surface area contributed by atoms with Gasteiger partial charge in [0.15, 0.2) is 0 Å². The molecule has 0 aromatic carbocycles. The van der Waals surface area contributed by atoms with E-state index in [1.807, 2.05) is 20.8 Å². The van der Waals surface area contributed by atoms with Crippen molar-refractivity contribution in [2.75, 3.05) is 18.8 Å². The largest absolute Gasteiger partial charge is 0.214 e. The average molecular weight is 258 g/mol. The van der Waals surface area contributed by atoms with Gasteiger partial charge in [-0.3, -0.25) is 0 Å². The van der Waals surface area contributed by atoms with Crippen molar-refractivity contribution >= 4 is 10.0 Å². The monoisotopic (exact) mass is 258 g/mol. The number of piperidine rings is 1. The van der Waals surface area contributed by atoms with Crippen LogP contribution in [0.1, 0.15) is 40.0 Å². The minimum absolute atomic E-state index is 0.230. The lowest BCUT2D eigenvalue weighted by Gasteiger charge is -2.34. The Balaban J connectivity index is 2.57. The van der Waals surface area contributed by atoms with Crippen LogP contribution in [0.2, 0.25) is 0 Å². The van der Waals surface area contributed by atoms with E-state index in [0.29, 0.717) is 38.3 Å². The zero-order chi connectivity index (χ0) is 13.1. The fraction of sp³-hybridized carbons (Fsp3) is 0.917. The van der Waals surface area contributed by atoms with Crippen molar-refractivity contribution in [2.24, 2.45) is 11.3 Å². The number of hydrogen-bond donors (Lipinski definition) is 0. The van der Waals surface area contributed by atoms with Crippen molar-refractivity contribution in [3.63, 3.8) is 0 Å². The van der Waals surface area contributed by atoms with E-state index in [1.54, 1.807) is 4.31 Å². The van der Waals surface area contributed by atoms with Crippen LogP contribution >= 0.6 is 0 Å². The van der Waals surface area contributed by atoms with Crippen molar-refractivity contribution in [3.05, 3.63) is 0 Å². The van der Waals surface area contributed by atoms with Crippen LogP contribution < -0.4 is 0 Å². The molecule has 0 aliphatic carbocycles. The van der Waals surface area contributed by atoms with Gasteiger partial charge >= 0.3 is 0 Å². The standard InChI is InChI=1S/C12H22N2O2S/c1-11(2)4-9-17(15,16)14-7-5-12(3,10-13)6-8-14/h11H,4-9H2,1-3H3. The molecule has 0 radical (unpaired) electrons. The fourth-order valence-electron chi connectivity index (χ4n) is 1.88. The molecule has 0 amide bonds. The van der Waals surface area contributed by atoms with Crippen LogP contribution in [-0.4, -0.2) is 31.6 Å². The third-order valence-corrected chi connectivity index (χ3v) is 5.35. The zero-order valence-electron chi connectivity index (χ0n) is 10.9. The molecule has 0 aromatic heterocycles.